The van der Waals surface area contributed by atoms with Crippen molar-refractivity contribution in [1.82, 2.24) is 9.55 Å². The fourth-order valence-electron chi connectivity index (χ4n) is 5.58. The minimum Gasteiger partial charge on any atom is -0.300 e. The lowest BCUT2D eigenvalue weighted by molar-refractivity contribution is -0.121. The summed E-state index contributed by atoms with van der Waals surface area (Å²) in [6.45, 7) is 4.01. The molecule has 0 fully saturated rings. The van der Waals surface area contributed by atoms with E-state index >= 15 is 0 Å². The van der Waals surface area contributed by atoms with E-state index in [1.807, 2.05) is 37.3 Å². The van der Waals surface area contributed by atoms with Crippen molar-refractivity contribution in [1.29, 1.82) is 5.26 Å². The van der Waals surface area contributed by atoms with E-state index in [1.54, 1.807) is 6.07 Å². The topological polar surface area (TPSA) is 58.7 Å². The number of carbonyl (C=O) groups excluding carboxylic acids is 1. The number of hydrogen-bond acceptors (Lipinski definition) is 3. The Morgan fingerprint density at radius 1 is 1.22 bits per heavy atom. The summed E-state index contributed by atoms with van der Waals surface area (Å²) in [6.07, 6.45) is 4.00. The summed E-state index contributed by atoms with van der Waals surface area (Å²) in [5, 5.41) is 9.59. The Hall–Kier alpha value is -3.52. The fraction of sp³-hybridized carbons (Fsp3) is 0.296. The van der Waals surface area contributed by atoms with E-state index in [1.165, 1.54) is 12.1 Å². The summed E-state index contributed by atoms with van der Waals surface area (Å²) in [6, 6.07) is 18.8. The van der Waals surface area contributed by atoms with Crippen molar-refractivity contribution in [3.05, 3.63) is 94.8 Å². The van der Waals surface area contributed by atoms with E-state index < -0.39 is 5.41 Å². The minimum absolute atomic E-state index is 0.0764. The van der Waals surface area contributed by atoms with Crippen molar-refractivity contribution in [2.24, 2.45) is 11.8 Å². The average Bonchev–Trinajstić information content (AvgIpc) is 3.16. The Morgan fingerprint density at radius 2 is 2.00 bits per heavy atom. The van der Waals surface area contributed by atoms with E-state index in [2.05, 4.69) is 29.7 Å². The van der Waals surface area contributed by atoms with E-state index in [9.17, 15) is 14.4 Å². The summed E-state index contributed by atoms with van der Waals surface area (Å²) >= 11 is 0. The highest BCUT2D eigenvalue weighted by Crippen LogP contribution is 2.50. The second-order valence-electron chi connectivity index (χ2n) is 9.05. The Kier molecular flexibility index (Phi) is 4.82. The van der Waals surface area contributed by atoms with E-state index in [0.717, 1.165) is 41.3 Å². The molecule has 0 unspecified atom stereocenters. The highest BCUT2D eigenvalue weighted by Gasteiger charge is 2.50. The maximum absolute atomic E-state index is 14.2. The zero-order valence-electron chi connectivity index (χ0n) is 18.2. The van der Waals surface area contributed by atoms with Gasteiger partial charge in [0.25, 0.3) is 0 Å². The largest absolute Gasteiger partial charge is 0.300 e. The van der Waals surface area contributed by atoms with E-state index in [0.29, 0.717) is 6.42 Å². The van der Waals surface area contributed by atoms with Crippen LogP contribution < -0.4 is 0 Å². The van der Waals surface area contributed by atoms with Gasteiger partial charge in [-0.05, 0) is 42.5 Å². The average molecular weight is 426 g/mol. The van der Waals surface area contributed by atoms with Crippen LogP contribution in [0.2, 0.25) is 0 Å². The third-order valence-corrected chi connectivity index (χ3v) is 7.13. The standard InChI is InChI=1S/C27H24FN3O/c1-17-22-11-12-23-26(27(22,2)15-19(16-29)25(17)32)30-24(13-18-7-4-3-5-8-18)31(23)21-10-6-9-20(28)14-21/h3-10,14-15,17,22H,11-13H2,1-2H3/t17-,22-,27-/m1/s1. The van der Waals surface area contributed by atoms with Crippen molar-refractivity contribution in [2.75, 3.05) is 0 Å². The third-order valence-electron chi connectivity index (χ3n) is 7.13. The number of hydrogen-bond donors (Lipinski definition) is 0. The van der Waals surface area contributed by atoms with Crippen LogP contribution in [0.5, 0.6) is 0 Å². The lowest BCUT2D eigenvalue weighted by atomic mass is 9.58. The SMILES string of the molecule is C[C@H]1C(=O)C(C#N)=C[C@@]2(C)c3nc(Cc4ccccc4)n(-c4cccc(F)c4)c3CC[C@H]12. The number of aromatic nitrogens is 2. The molecule has 0 amide bonds. The molecule has 1 heterocycles. The Balaban J connectivity index is 1.74. The summed E-state index contributed by atoms with van der Waals surface area (Å²) in [4.78, 5) is 17.8. The van der Waals surface area contributed by atoms with Gasteiger partial charge in [-0.15, -0.1) is 0 Å². The summed E-state index contributed by atoms with van der Waals surface area (Å²) < 4.78 is 16.2. The number of nitriles is 1. The maximum Gasteiger partial charge on any atom is 0.176 e. The first-order chi connectivity index (χ1) is 15.4. The van der Waals surface area contributed by atoms with Gasteiger partial charge in [-0.1, -0.05) is 56.3 Å². The summed E-state index contributed by atoms with van der Waals surface area (Å²) in [5.74, 6) is 0.321. The molecule has 0 bridgehead atoms. The van der Waals surface area contributed by atoms with Crippen molar-refractivity contribution in [3.8, 4) is 11.8 Å². The Labute approximate surface area is 187 Å². The molecule has 1 aromatic heterocycles. The molecular formula is C27H24FN3O. The molecule has 0 N–H and O–H groups in total. The maximum atomic E-state index is 14.2. The summed E-state index contributed by atoms with van der Waals surface area (Å²) in [7, 11) is 0. The van der Waals surface area contributed by atoms with Crippen LogP contribution in [0, 0.1) is 29.0 Å². The van der Waals surface area contributed by atoms with Crippen molar-refractivity contribution >= 4 is 5.78 Å². The molecule has 5 rings (SSSR count). The molecular weight excluding hydrogens is 401 g/mol. The smallest absolute Gasteiger partial charge is 0.176 e. The van der Waals surface area contributed by atoms with Gasteiger partial charge in [0, 0.05) is 29.1 Å². The normalized spacial score (nSPS) is 24.3. The molecule has 3 atom stereocenters. The number of Topliss-reactive ketones (excluding diaryl/α,β-unsaturated/α-hetero) is 1. The van der Waals surface area contributed by atoms with Gasteiger partial charge in [0.2, 0.25) is 0 Å². The quantitative estimate of drug-likeness (QED) is 0.587. The minimum atomic E-state index is -0.518. The van der Waals surface area contributed by atoms with Gasteiger partial charge in [-0.3, -0.25) is 4.79 Å². The molecule has 160 valence electrons. The second kappa shape index (κ2) is 7.56. The molecule has 0 radical (unpaired) electrons. The highest BCUT2D eigenvalue weighted by atomic mass is 19.1. The van der Waals surface area contributed by atoms with Crippen LogP contribution in [-0.4, -0.2) is 15.3 Å². The van der Waals surface area contributed by atoms with Crippen LogP contribution in [0.1, 0.15) is 43.0 Å². The Morgan fingerprint density at radius 3 is 2.72 bits per heavy atom. The number of rotatable bonds is 3. The number of carbonyl (C=O) groups is 1. The predicted molar refractivity (Wildman–Crippen MR) is 120 cm³/mol. The lowest BCUT2D eigenvalue weighted by Gasteiger charge is -2.44. The highest BCUT2D eigenvalue weighted by molar-refractivity contribution is 6.02. The molecule has 4 nitrogen and oxygen atoms in total. The van der Waals surface area contributed by atoms with E-state index in [4.69, 9.17) is 4.98 Å². The zero-order chi connectivity index (χ0) is 22.5. The molecule has 5 heteroatoms. The molecule has 2 aliphatic rings. The van der Waals surface area contributed by atoms with Gasteiger partial charge in [0.15, 0.2) is 5.78 Å². The zero-order valence-corrected chi connectivity index (χ0v) is 18.2. The van der Waals surface area contributed by atoms with Crippen LogP contribution in [0.3, 0.4) is 0 Å². The number of allylic oxidation sites excluding steroid dienone is 2. The predicted octanol–water partition coefficient (Wildman–Crippen LogP) is 5.09. The monoisotopic (exact) mass is 425 g/mol. The number of imidazole rings is 1. The molecule has 0 spiro atoms. The van der Waals surface area contributed by atoms with Crippen LogP contribution in [0.25, 0.3) is 5.69 Å². The van der Waals surface area contributed by atoms with Gasteiger partial charge in [0.05, 0.1) is 11.3 Å². The van der Waals surface area contributed by atoms with Gasteiger partial charge >= 0.3 is 0 Å². The molecule has 2 aliphatic carbocycles. The molecule has 0 saturated carbocycles. The second-order valence-corrected chi connectivity index (χ2v) is 9.05. The number of fused-ring (bicyclic) bond motifs is 3. The molecule has 32 heavy (non-hydrogen) atoms. The van der Waals surface area contributed by atoms with Crippen LogP contribution >= 0.6 is 0 Å². The molecule has 3 aromatic rings. The van der Waals surface area contributed by atoms with Gasteiger partial charge in [-0.25, -0.2) is 9.37 Å². The van der Waals surface area contributed by atoms with Crippen molar-refractivity contribution < 1.29 is 9.18 Å². The number of nitrogens with zero attached hydrogens (tertiary/aromatic N) is 3. The first-order valence-electron chi connectivity index (χ1n) is 11.0. The molecule has 0 saturated heterocycles. The van der Waals surface area contributed by atoms with E-state index in [-0.39, 0.29) is 29.0 Å². The van der Waals surface area contributed by atoms with Crippen LogP contribution in [-0.2, 0) is 23.1 Å². The van der Waals surface area contributed by atoms with Crippen molar-refractivity contribution in [3.63, 3.8) is 0 Å². The fourth-order valence-corrected chi connectivity index (χ4v) is 5.58. The molecule has 2 aromatic carbocycles. The number of benzene rings is 2. The number of halogens is 1. The third kappa shape index (κ3) is 3.10. The van der Waals surface area contributed by atoms with Crippen LogP contribution in [0.4, 0.5) is 4.39 Å². The van der Waals surface area contributed by atoms with Gasteiger partial charge in [-0.2, -0.15) is 5.26 Å². The first kappa shape index (κ1) is 20.4. The van der Waals surface area contributed by atoms with Gasteiger partial charge in [0.1, 0.15) is 17.7 Å². The van der Waals surface area contributed by atoms with Gasteiger partial charge < -0.3 is 4.57 Å². The lowest BCUT2D eigenvalue weighted by Crippen LogP contribution is -2.45. The Bertz CT molecular complexity index is 1280. The van der Waals surface area contributed by atoms with Crippen molar-refractivity contribution in [2.45, 2.75) is 38.5 Å². The number of ketones is 1. The molecule has 0 aliphatic heterocycles. The first-order valence-corrected chi connectivity index (χ1v) is 11.0. The summed E-state index contributed by atoms with van der Waals surface area (Å²) in [5.41, 5.74) is 3.50. The van der Waals surface area contributed by atoms with Crippen LogP contribution in [0.15, 0.2) is 66.2 Å².